The second-order valence-electron chi connectivity index (χ2n) is 3.21. The zero-order chi connectivity index (χ0) is 11.4. The molecule has 82 valence electrons. The molecule has 0 aliphatic rings. The van der Waals surface area contributed by atoms with E-state index in [1.807, 2.05) is 33.9 Å². The molecule has 0 bridgehead atoms. The molecule has 2 aromatic heterocycles. The summed E-state index contributed by atoms with van der Waals surface area (Å²) < 4.78 is 0. The fourth-order valence-electron chi connectivity index (χ4n) is 1.25. The van der Waals surface area contributed by atoms with Crippen molar-refractivity contribution in [3.8, 4) is 0 Å². The van der Waals surface area contributed by atoms with Crippen LogP contribution in [-0.4, -0.2) is 15.0 Å². The molecule has 0 saturated carbocycles. The van der Waals surface area contributed by atoms with Crippen LogP contribution < -0.4 is 0 Å². The van der Waals surface area contributed by atoms with Crippen LogP contribution in [0.2, 0.25) is 0 Å². The van der Waals surface area contributed by atoms with Gasteiger partial charge in [-0.25, -0.2) is 9.97 Å². The number of hydrogen-bond acceptors (Lipinski definition) is 2. The van der Waals surface area contributed by atoms with Crippen molar-refractivity contribution in [3.05, 3.63) is 30.4 Å². The molecule has 1 N–H and O–H groups in total. The highest BCUT2D eigenvalue weighted by Crippen LogP contribution is 2.15. The lowest BCUT2D eigenvalue weighted by atomic mass is 10.3. The minimum absolute atomic E-state index is 0. The number of nitrogens with one attached hydrogen (secondary N) is 1. The van der Waals surface area contributed by atoms with Gasteiger partial charge in [0.25, 0.3) is 0 Å². The quantitative estimate of drug-likeness (QED) is 0.773. The minimum Gasteiger partial charge on any atom is -0.358 e. The number of nitrogens with zero attached hydrogens (tertiary/aromatic N) is 2. The van der Waals surface area contributed by atoms with Gasteiger partial charge < -0.3 is 4.98 Å². The maximum Gasteiger partial charge on any atom is 0.154 e. The summed E-state index contributed by atoms with van der Waals surface area (Å²) in [5.74, 6) is 0.718. The Kier molecular flexibility index (Phi) is 3.61. The summed E-state index contributed by atoms with van der Waals surface area (Å²) in [7, 11) is 0. The normalized spacial score (nSPS) is 9.60. The molecular weight excluding hydrogens is 186 g/mol. The summed E-state index contributed by atoms with van der Waals surface area (Å²) >= 11 is 0. The van der Waals surface area contributed by atoms with Gasteiger partial charge in [0.1, 0.15) is 0 Å². The highest BCUT2D eigenvalue weighted by Gasteiger charge is 2.03. The number of aryl methyl sites for hydroxylation is 1. The van der Waals surface area contributed by atoms with Crippen molar-refractivity contribution in [3.63, 3.8) is 0 Å². The Labute approximate surface area is 91.8 Å². The summed E-state index contributed by atoms with van der Waals surface area (Å²) in [5, 5.41) is 0. The molecule has 0 spiro atoms. The maximum atomic E-state index is 4.39. The monoisotopic (exact) mass is 205 g/mol. The average molecular weight is 205 g/mol. The molecule has 0 unspecified atom stereocenters. The van der Waals surface area contributed by atoms with Crippen LogP contribution >= 0.6 is 0 Å². The van der Waals surface area contributed by atoms with Gasteiger partial charge in [0, 0.05) is 7.62 Å². The van der Waals surface area contributed by atoms with Crippen molar-refractivity contribution >= 4 is 16.6 Å². The van der Waals surface area contributed by atoms with Crippen LogP contribution in [0.5, 0.6) is 0 Å². The Hall–Kier alpha value is -1.64. The van der Waals surface area contributed by atoms with E-state index < -0.39 is 0 Å². The van der Waals surface area contributed by atoms with Gasteiger partial charge in [-0.3, -0.25) is 0 Å². The Morgan fingerprint density at radius 3 is 2.73 bits per heavy atom. The summed E-state index contributed by atoms with van der Waals surface area (Å²) in [5.41, 5.74) is 3.98. The lowest BCUT2D eigenvalue weighted by Gasteiger charge is -1.97. The highest BCUT2D eigenvalue weighted by atomic mass is 14.9. The first-order valence-electron chi connectivity index (χ1n) is 5.15. The fraction of sp³-hybridized carbons (Fsp3) is 0.333. The lowest BCUT2D eigenvalue weighted by Crippen LogP contribution is -1.90. The van der Waals surface area contributed by atoms with Gasteiger partial charge in [-0.1, -0.05) is 20.4 Å². The lowest BCUT2D eigenvalue weighted by molar-refractivity contribution is 1.15. The van der Waals surface area contributed by atoms with E-state index in [9.17, 15) is 0 Å². The summed E-state index contributed by atoms with van der Waals surface area (Å²) in [6, 6.07) is 0. The van der Waals surface area contributed by atoms with Gasteiger partial charge >= 0.3 is 0 Å². The predicted molar refractivity (Wildman–Crippen MR) is 66.8 cm³/mol. The van der Waals surface area contributed by atoms with Crippen molar-refractivity contribution < 1.29 is 1.43 Å². The highest BCUT2D eigenvalue weighted by molar-refractivity contribution is 5.79. The van der Waals surface area contributed by atoms with E-state index >= 15 is 0 Å². The smallest absolute Gasteiger partial charge is 0.154 e. The molecule has 0 radical (unpaired) electrons. The van der Waals surface area contributed by atoms with Crippen molar-refractivity contribution in [1.29, 1.82) is 0 Å². The van der Waals surface area contributed by atoms with Crippen LogP contribution in [0.15, 0.2) is 19.0 Å². The molecule has 0 amide bonds. The molecular formula is C12H19N3. The molecule has 2 aromatic rings. The van der Waals surface area contributed by atoms with Crippen LogP contribution in [-0.2, 0) is 0 Å². The first kappa shape index (κ1) is 11.4. The summed E-state index contributed by atoms with van der Waals surface area (Å²) in [6.45, 7) is 11.7. The molecule has 15 heavy (non-hydrogen) atoms. The maximum absolute atomic E-state index is 4.39. The van der Waals surface area contributed by atoms with Gasteiger partial charge in [0.2, 0.25) is 0 Å². The largest absolute Gasteiger partial charge is 0.358 e. The van der Waals surface area contributed by atoms with E-state index in [1.54, 1.807) is 6.20 Å². The van der Waals surface area contributed by atoms with E-state index in [2.05, 4.69) is 21.5 Å². The van der Waals surface area contributed by atoms with Crippen molar-refractivity contribution in [2.24, 2.45) is 0 Å². The molecule has 0 aliphatic heterocycles. The Balaban J connectivity index is 0.000000711. The Bertz CT molecular complexity index is 474. The van der Waals surface area contributed by atoms with Gasteiger partial charge in [0.15, 0.2) is 5.82 Å². The molecule has 2 heterocycles. The number of hydrogen-bond donors (Lipinski definition) is 1. The van der Waals surface area contributed by atoms with Crippen LogP contribution in [0.4, 0.5) is 0 Å². The second kappa shape index (κ2) is 4.73. The molecule has 0 fully saturated rings. The third-order valence-corrected chi connectivity index (χ3v) is 1.99. The van der Waals surface area contributed by atoms with Gasteiger partial charge in [0.05, 0.1) is 17.2 Å². The second-order valence-corrected chi connectivity index (χ2v) is 3.21. The van der Waals surface area contributed by atoms with E-state index in [1.165, 1.54) is 0 Å². The van der Waals surface area contributed by atoms with E-state index in [-0.39, 0.29) is 1.43 Å². The minimum atomic E-state index is 0. The summed E-state index contributed by atoms with van der Waals surface area (Å²) in [6.07, 6.45) is 3.72. The summed E-state index contributed by atoms with van der Waals surface area (Å²) in [4.78, 5) is 11.7. The number of allylic oxidation sites excluding steroid dienone is 1. The average Bonchev–Trinajstić information content (AvgIpc) is 2.63. The SMILES string of the molecule is C=C(C)c1ncc2[nH]cc(C)c2n1.CC.[HH]. The van der Waals surface area contributed by atoms with Crippen molar-refractivity contribution in [2.75, 3.05) is 0 Å². The van der Waals surface area contributed by atoms with Crippen molar-refractivity contribution in [1.82, 2.24) is 15.0 Å². The van der Waals surface area contributed by atoms with E-state index in [0.29, 0.717) is 0 Å². The number of rotatable bonds is 1. The van der Waals surface area contributed by atoms with E-state index in [4.69, 9.17) is 0 Å². The van der Waals surface area contributed by atoms with Gasteiger partial charge in [-0.15, -0.1) is 0 Å². The Morgan fingerprint density at radius 2 is 2.13 bits per heavy atom. The number of aromatic nitrogens is 3. The number of aromatic amines is 1. The fourth-order valence-corrected chi connectivity index (χ4v) is 1.25. The number of fused-ring (bicyclic) bond motifs is 1. The van der Waals surface area contributed by atoms with Crippen LogP contribution in [0.25, 0.3) is 16.6 Å². The first-order chi connectivity index (χ1) is 7.18. The van der Waals surface area contributed by atoms with Gasteiger partial charge in [-0.2, -0.15) is 0 Å². The predicted octanol–water partition coefficient (Wildman–Crippen LogP) is 3.57. The zero-order valence-electron chi connectivity index (χ0n) is 9.76. The van der Waals surface area contributed by atoms with E-state index in [0.717, 1.165) is 28.0 Å². The molecule has 0 saturated heterocycles. The molecule has 2 rings (SSSR count). The molecule has 0 aliphatic carbocycles. The van der Waals surface area contributed by atoms with Crippen molar-refractivity contribution in [2.45, 2.75) is 27.7 Å². The van der Waals surface area contributed by atoms with Crippen LogP contribution in [0.1, 0.15) is 33.6 Å². The standard InChI is InChI=1S/C10H11N3.C2H6.H2/c1-6(2)10-12-5-8-9(13-10)7(3)4-11-8;1-2;/h4-5,11H,1H2,2-3H3;1-2H3;1H. The topological polar surface area (TPSA) is 41.6 Å². The Morgan fingerprint density at radius 1 is 1.47 bits per heavy atom. The zero-order valence-corrected chi connectivity index (χ0v) is 9.76. The molecule has 3 heteroatoms. The number of H-pyrrole nitrogens is 1. The third kappa shape index (κ3) is 2.24. The molecule has 3 nitrogen and oxygen atoms in total. The molecule has 0 aromatic carbocycles. The molecule has 0 atom stereocenters. The van der Waals surface area contributed by atoms with Crippen LogP contribution in [0.3, 0.4) is 0 Å². The van der Waals surface area contributed by atoms with Crippen LogP contribution in [0, 0.1) is 6.92 Å². The third-order valence-electron chi connectivity index (χ3n) is 1.99. The first-order valence-corrected chi connectivity index (χ1v) is 5.15. The van der Waals surface area contributed by atoms with Gasteiger partial charge in [-0.05, 0) is 25.0 Å².